The van der Waals surface area contributed by atoms with Crippen molar-refractivity contribution in [2.75, 3.05) is 17.2 Å². The van der Waals surface area contributed by atoms with Crippen LogP contribution in [0.25, 0.3) is 5.52 Å². The normalized spacial score (nSPS) is 10.9. The van der Waals surface area contributed by atoms with Gasteiger partial charge in [0, 0.05) is 18.4 Å². The number of nitrogens with one attached hydrogen (secondary N) is 2. The lowest BCUT2D eigenvalue weighted by molar-refractivity contribution is -0.118. The second-order valence-electron chi connectivity index (χ2n) is 7.43. The van der Waals surface area contributed by atoms with Crippen LogP contribution in [-0.2, 0) is 11.3 Å². The Bertz CT molecular complexity index is 1460. The zero-order valence-corrected chi connectivity index (χ0v) is 18.1. The van der Waals surface area contributed by atoms with Crippen molar-refractivity contribution in [3.8, 4) is 5.75 Å². The van der Waals surface area contributed by atoms with E-state index in [-0.39, 0.29) is 17.8 Å². The summed E-state index contributed by atoms with van der Waals surface area (Å²) >= 11 is 0. The van der Waals surface area contributed by atoms with E-state index in [1.807, 2.05) is 0 Å². The van der Waals surface area contributed by atoms with Crippen molar-refractivity contribution in [2.24, 2.45) is 5.73 Å². The number of benzene rings is 2. The van der Waals surface area contributed by atoms with Crippen LogP contribution in [0.2, 0.25) is 0 Å². The second-order valence-corrected chi connectivity index (χ2v) is 7.43. The highest BCUT2D eigenvalue weighted by atomic mass is 19.2. The Labute approximate surface area is 199 Å². The summed E-state index contributed by atoms with van der Waals surface area (Å²) in [5, 5.41) is 9.61. The maximum absolute atomic E-state index is 13.7. The van der Waals surface area contributed by atoms with Crippen LogP contribution in [0, 0.1) is 29.1 Å². The van der Waals surface area contributed by atoms with Gasteiger partial charge in [0.2, 0.25) is 29.1 Å². The van der Waals surface area contributed by atoms with Crippen molar-refractivity contribution in [1.82, 2.24) is 9.61 Å². The first-order chi connectivity index (χ1) is 17.2. The molecule has 2 heterocycles. The molecule has 0 aliphatic heterocycles. The summed E-state index contributed by atoms with van der Waals surface area (Å²) in [6, 6.07) is 9.86. The Kier molecular flexibility index (Phi) is 6.72. The number of anilines is 2. The van der Waals surface area contributed by atoms with E-state index in [9.17, 15) is 31.5 Å². The number of hydrogen-bond donors (Lipinski definition) is 3. The summed E-state index contributed by atoms with van der Waals surface area (Å²) in [5.41, 5.74) is 7.60. The zero-order valence-electron chi connectivity index (χ0n) is 18.1. The fourth-order valence-corrected chi connectivity index (χ4v) is 3.36. The van der Waals surface area contributed by atoms with Crippen molar-refractivity contribution >= 4 is 28.7 Å². The minimum atomic E-state index is -2.33. The second kappa shape index (κ2) is 9.90. The number of primary amides is 1. The molecule has 0 atom stereocenters. The predicted octanol–water partition coefficient (Wildman–Crippen LogP) is 3.76. The third-order valence-corrected chi connectivity index (χ3v) is 5.03. The van der Waals surface area contributed by atoms with Gasteiger partial charge in [-0.3, -0.25) is 9.59 Å². The Hall–Kier alpha value is -4.68. The molecule has 2 aromatic heterocycles. The van der Waals surface area contributed by atoms with Gasteiger partial charge in [0.1, 0.15) is 0 Å². The molecule has 0 unspecified atom stereocenters. The van der Waals surface area contributed by atoms with Crippen LogP contribution in [0.4, 0.5) is 33.3 Å². The quantitative estimate of drug-likeness (QED) is 0.192. The number of nitrogens with zero attached hydrogens (tertiary/aromatic N) is 2. The number of fused-ring (bicyclic) bond motifs is 1. The number of halogens is 5. The van der Waals surface area contributed by atoms with Crippen molar-refractivity contribution < 1.29 is 36.3 Å². The van der Waals surface area contributed by atoms with Gasteiger partial charge in [-0.1, -0.05) is 12.1 Å². The molecule has 4 aromatic rings. The molecule has 0 aliphatic rings. The highest BCUT2D eigenvalue weighted by Gasteiger charge is 2.27. The van der Waals surface area contributed by atoms with Crippen molar-refractivity contribution in [3.63, 3.8) is 0 Å². The van der Waals surface area contributed by atoms with Crippen LogP contribution < -0.4 is 21.1 Å². The standard InChI is InChI=1S/C23H16F5N5O3/c24-16-17(25)19(27)22(20(28)18(16)26)36-10-15(34)32-12-4-1-3-11(7-12)8-30-21-13(23(29)35)9-31-33-6-2-5-14(21)33/h1-7,9,30H,8,10H2,(H2,29,35)(H,32,34). The number of hydrogen-bond acceptors (Lipinski definition) is 5. The highest BCUT2D eigenvalue weighted by Crippen LogP contribution is 2.29. The molecule has 0 saturated carbocycles. The zero-order chi connectivity index (χ0) is 26.0. The molecule has 0 aliphatic carbocycles. The average molecular weight is 505 g/mol. The molecule has 36 heavy (non-hydrogen) atoms. The number of amides is 2. The van der Waals surface area contributed by atoms with E-state index in [1.165, 1.54) is 12.3 Å². The van der Waals surface area contributed by atoms with E-state index in [0.717, 1.165) is 0 Å². The first kappa shape index (κ1) is 24.4. The van der Waals surface area contributed by atoms with Gasteiger partial charge in [0.05, 0.1) is 23.0 Å². The molecule has 4 N–H and O–H groups in total. The number of carbonyl (C=O) groups excluding carboxylic acids is 2. The van der Waals surface area contributed by atoms with Gasteiger partial charge in [-0.2, -0.15) is 13.9 Å². The van der Waals surface area contributed by atoms with Gasteiger partial charge in [-0.25, -0.2) is 17.7 Å². The highest BCUT2D eigenvalue weighted by molar-refractivity contribution is 6.01. The third kappa shape index (κ3) is 4.76. The number of aromatic nitrogens is 2. The Balaban J connectivity index is 1.43. The lowest BCUT2D eigenvalue weighted by atomic mass is 10.1. The van der Waals surface area contributed by atoms with E-state index in [1.54, 1.807) is 41.0 Å². The van der Waals surface area contributed by atoms with Crippen LogP contribution in [0.15, 0.2) is 48.8 Å². The molecular weight excluding hydrogens is 489 g/mol. The predicted molar refractivity (Wildman–Crippen MR) is 118 cm³/mol. The summed E-state index contributed by atoms with van der Waals surface area (Å²) in [7, 11) is 0. The first-order valence-corrected chi connectivity index (χ1v) is 10.2. The van der Waals surface area contributed by atoms with E-state index < -0.39 is 53.3 Å². The van der Waals surface area contributed by atoms with Gasteiger partial charge in [0.25, 0.3) is 11.8 Å². The van der Waals surface area contributed by atoms with Gasteiger partial charge >= 0.3 is 0 Å². The summed E-state index contributed by atoms with van der Waals surface area (Å²) < 4.78 is 73.2. The third-order valence-electron chi connectivity index (χ3n) is 5.03. The minimum Gasteiger partial charge on any atom is -0.477 e. The Morgan fingerprint density at radius 2 is 1.67 bits per heavy atom. The summed E-state index contributed by atoms with van der Waals surface area (Å²) in [6.07, 6.45) is 3.02. The Morgan fingerprint density at radius 1 is 0.972 bits per heavy atom. The largest absolute Gasteiger partial charge is 0.477 e. The van der Waals surface area contributed by atoms with Crippen LogP contribution in [0.3, 0.4) is 0 Å². The maximum atomic E-state index is 13.7. The van der Waals surface area contributed by atoms with Gasteiger partial charge in [-0.15, -0.1) is 0 Å². The van der Waals surface area contributed by atoms with Crippen molar-refractivity contribution in [2.45, 2.75) is 6.54 Å². The lowest BCUT2D eigenvalue weighted by Gasteiger charge is -2.13. The molecule has 13 heteroatoms. The molecule has 4 rings (SSSR count). The number of rotatable bonds is 8. The smallest absolute Gasteiger partial charge is 0.262 e. The summed E-state index contributed by atoms with van der Waals surface area (Å²) in [4.78, 5) is 24.0. The number of nitrogens with two attached hydrogens (primary N) is 1. The maximum Gasteiger partial charge on any atom is 0.262 e. The molecule has 0 fully saturated rings. The van der Waals surface area contributed by atoms with Crippen molar-refractivity contribution in [3.05, 3.63) is 89.0 Å². The van der Waals surface area contributed by atoms with E-state index in [0.29, 0.717) is 16.8 Å². The topological polar surface area (TPSA) is 111 Å². The lowest BCUT2D eigenvalue weighted by Crippen LogP contribution is -2.21. The molecule has 0 bridgehead atoms. The monoisotopic (exact) mass is 505 g/mol. The molecule has 8 nitrogen and oxygen atoms in total. The molecule has 0 spiro atoms. The van der Waals surface area contributed by atoms with E-state index in [2.05, 4.69) is 20.5 Å². The average Bonchev–Trinajstić information content (AvgIpc) is 3.34. The number of ether oxygens (including phenoxy) is 1. The molecule has 2 amide bonds. The Morgan fingerprint density at radius 3 is 2.36 bits per heavy atom. The fraction of sp³-hybridized carbons (Fsp3) is 0.0870. The van der Waals surface area contributed by atoms with Gasteiger partial charge in [0.15, 0.2) is 12.4 Å². The van der Waals surface area contributed by atoms with Crippen LogP contribution in [0.1, 0.15) is 15.9 Å². The van der Waals surface area contributed by atoms with Gasteiger partial charge < -0.3 is 21.1 Å². The summed E-state index contributed by atoms with van der Waals surface area (Å²) in [6.45, 7) is -0.818. The first-order valence-electron chi connectivity index (χ1n) is 10.2. The molecule has 186 valence electrons. The minimum absolute atomic E-state index is 0.177. The SMILES string of the molecule is NC(=O)c1cnn2cccc2c1NCc1cccc(NC(=O)COc2c(F)c(F)c(F)c(F)c2F)c1. The molecular formula is C23H16F5N5O3. The van der Waals surface area contributed by atoms with Crippen molar-refractivity contribution in [1.29, 1.82) is 0 Å². The summed E-state index contributed by atoms with van der Waals surface area (Å²) in [5.74, 6) is -14.2. The van der Waals surface area contributed by atoms with E-state index in [4.69, 9.17) is 5.73 Å². The van der Waals surface area contributed by atoms with Crippen LogP contribution in [-0.4, -0.2) is 28.0 Å². The van der Waals surface area contributed by atoms with Crippen LogP contribution >= 0.6 is 0 Å². The van der Waals surface area contributed by atoms with Gasteiger partial charge in [-0.05, 0) is 29.8 Å². The van der Waals surface area contributed by atoms with E-state index >= 15 is 0 Å². The number of carbonyl (C=O) groups is 2. The molecule has 0 saturated heterocycles. The molecule has 2 aromatic carbocycles. The van der Waals surface area contributed by atoms with Crippen LogP contribution in [0.5, 0.6) is 5.75 Å². The molecule has 0 radical (unpaired) electrons. The fourth-order valence-electron chi connectivity index (χ4n) is 3.36.